The van der Waals surface area contributed by atoms with Gasteiger partial charge in [-0.25, -0.2) is 4.79 Å². The lowest BCUT2D eigenvalue weighted by Crippen LogP contribution is -2.09. The van der Waals surface area contributed by atoms with E-state index < -0.39 is 0 Å². The first-order chi connectivity index (χ1) is 14.7. The Hall–Kier alpha value is -0.790. The van der Waals surface area contributed by atoms with Gasteiger partial charge in [-0.05, 0) is 12.3 Å². The first-order valence-corrected chi connectivity index (χ1v) is 13.5. The molecule has 0 bridgehead atoms. The van der Waals surface area contributed by atoms with Gasteiger partial charge in [-0.15, -0.1) is 0 Å². The van der Waals surface area contributed by atoms with E-state index in [1.165, 1.54) is 134 Å². The summed E-state index contributed by atoms with van der Waals surface area (Å²) < 4.78 is 5.25. The van der Waals surface area contributed by atoms with Crippen LogP contribution in [0, 0.1) is 5.92 Å². The van der Waals surface area contributed by atoms with Crippen LogP contribution in [0.25, 0.3) is 0 Å². The second-order valence-corrected chi connectivity index (χ2v) is 9.26. The highest BCUT2D eigenvalue weighted by Gasteiger charge is 2.10. The minimum Gasteiger partial charge on any atom is -0.463 e. The minimum atomic E-state index is -0.278. The van der Waals surface area contributed by atoms with E-state index in [9.17, 15) is 4.79 Å². The second-order valence-electron chi connectivity index (χ2n) is 9.26. The van der Waals surface area contributed by atoms with Crippen molar-refractivity contribution in [2.75, 3.05) is 6.61 Å². The van der Waals surface area contributed by atoms with E-state index in [-0.39, 0.29) is 5.97 Å². The van der Waals surface area contributed by atoms with E-state index in [4.69, 9.17) is 4.74 Å². The van der Waals surface area contributed by atoms with Gasteiger partial charge in [0.15, 0.2) is 0 Å². The van der Waals surface area contributed by atoms with E-state index in [1.807, 2.05) is 0 Å². The molecule has 0 N–H and O–H groups in total. The highest BCUT2D eigenvalue weighted by molar-refractivity contribution is 5.81. The minimum absolute atomic E-state index is 0.278. The number of ether oxygens (including phenoxy) is 1. The molecule has 178 valence electrons. The Morgan fingerprint density at radius 1 is 0.633 bits per heavy atom. The number of carbonyl (C=O) groups excluding carboxylic acids is 1. The van der Waals surface area contributed by atoms with Crippen LogP contribution in [0.3, 0.4) is 0 Å². The molecule has 0 aromatic rings. The summed E-state index contributed by atoms with van der Waals surface area (Å²) in [6, 6.07) is 0. The molecule has 0 aliphatic carbocycles. The van der Waals surface area contributed by atoms with Crippen molar-refractivity contribution in [3.8, 4) is 0 Å². The average Bonchev–Trinajstić information content (AvgIpc) is 2.76. The molecule has 1 atom stereocenters. The van der Waals surface area contributed by atoms with E-state index in [2.05, 4.69) is 20.4 Å². The molecule has 0 heterocycles. The Morgan fingerprint density at radius 2 is 1.00 bits per heavy atom. The van der Waals surface area contributed by atoms with Gasteiger partial charge in [-0.1, -0.05) is 149 Å². The van der Waals surface area contributed by atoms with Crippen molar-refractivity contribution in [2.24, 2.45) is 5.92 Å². The molecule has 30 heavy (non-hydrogen) atoms. The molecular weight excluding hydrogens is 368 g/mol. The molecule has 2 heteroatoms. The average molecular weight is 423 g/mol. The number of unbranched alkanes of at least 4 members (excludes halogenated alkanes) is 16. The summed E-state index contributed by atoms with van der Waals surface area (Å²) in [7, 11) is 0. The molecule has 0 rings (SSSR count). The molecule has 0 aromatic carbocycles. The van der Waals surface area contributed by atoms with Crippen molar-refractivity contribution in [1.82, 2.24) is 0 Å². The van der Waals surface area contributed by atoms with Gasteiger partial charge in [0.2, 0.25) is 0 Å². The largest absolute Gasteiger partial charge is 0.463 e. The Bertz CT molecular complexity index is 364. The summed E-state index contributed by atoms with van der Waals surface area (Å²) in [5.41, 5.74) is 0. The fourth-order valence-corrected chi connectivity index (χ4v) is 4.31. The van der Waals surface area contributed by atoms with Crippen molar-refractivity contribution in [3.05, 3.63) is 12.7 Å². The van der Waals surface area contributed by atoms with Gasteiger partial charge in [-0.3, -0.25) is 0 Å². The first-order valence-electron chi connectivity index (χ1n) is 13.5. The van der Waals surface area contributed by atoms with Gasteiger partial charge in [0.25, 0.3) is 0 Å². The third-order valence-electron chi connectivity index (χ3n) is 6.37. The molecule has 1 unspecified atom stereocenters. The van der Waals surface area contributed by atoms with Crippen LogP contribution in [-0.4, -0.2) is 12.6 Å². The third kappa shape index (κ3) is 21.9. The van der Waals surface area contributed by atoms with Crippen LogP contribution in [0.5, 0.6) is 0 Å². The van der Waals surface area contributed by atoms with Crippen molar-refractivity contribution in [1.29, 1.82) is 0 Å². The van der Waals surface area contributed by atoms with Crippen LogP contribution in [-0.2, 0) is 9.53 Å². The highest BCUT2D eigenvalue weighted by atomic mass is 16.5. The molecule has 0 radical (unpaired) electrons. The van der Waals surface area contributed by atoms with Crippen LogP contribution in [0.2, 0.25) is 0 Å². The molecule has 0 aliphatic heterocycles. The summed E-state index contributed by atoms with van der Waals surface area (Å²) in [5, 5.41) is 0. The monoisotopic (exact) mass is 422 g/mol. The molecule has 0 aliphatic rings. The number of hydrogen-bond acceptors (Lipinski definition) is 2. The fraction of sp³-hybridized carbons (Fsp3) is 0.893. The molecule has 0 aromatic heterocycles. The quantitative estimate of drug-likeness (QED) is 0.0879. The van der Waals surface area contributed by atoms with Crippen molar-refractivity contribution >= 4 is 5.97 Å². The summed E-state index contributed by atoms with van der Waals surface area (Å²) in [5.74, 6) is 0.441. The maximum absolute atomic E-state index is 11.3. The Labute approximate surface area is 189 Å². The molecule has 0 saturated carbocycles. The number of rotatable bonds is 24. The van der Waals surface area contributed by atoms with Crippen molar-refractivity contribution in [3.63, 3.8) is 0 Å². The Balaban J connectivity index is 3.82. The molecule has 2 nitrogen and oxygen atoms in total. The molecule has 0 fully saturated rings. The van der Waals surface area contributed by atoms with Gasteiger partial charge >= 0.3 is 5.97 Å². The maximum Gasteiger partial charge on any atom is 0.330 e. The summed E-state index contributed by atoms with van der Waals surface area (Å²) in [6.07, 6.45) is 29.9. The summed E-state index contributed by atoms with van der Waals surface area (Å²) >= 11 is 0. The highest BCUT2D eigenvalue weighted by Crippen LogP contribution is 2.22. The van der Waals surface area contributed by atoms with Crippen LogP contribution < -0.4 is 0 Å². The zero-order valence-corrected chi connectivity index (χ0v) is 20.7. The van der Waals surface area contributed by atoms with Gasteiger partial charge in [-0.2, -0.15) is 0 Å². The maximum atomic E-state index is 11.3. The van der Waals surface area contributed by atoms with Gasteiger partial charge < -0.3 is 4.74 Å². The van der Waals surface area contributed by atoms with Crippen LogP contribution >= 0.6 is 0 Å². The first kappa shape index (κ1) is 29.2. The van der Waals surface area contributed by atoms with Gasteiger partial charge in [0.05, 0.1) is 6.61 Å². The lowest BCUT2D eigenvalue weighted by atomic mass is 9.91. The number of esters is 1. The summed E-state index contributed by atoms with van der Waals surface area (Å²) in [4.78, 5) is 11.3. The van der Waals surface area contributed by atoms with E-state index >= 15 is 0 Å². The van der Waals surface area contributed by atoms with Crippen molar-refractivity contribution in [2.45, 2.75) is 149 Å². The Morgan fingerprint density at radius 3 is 1.37 bits per heavy atom. The van der Waals surface area contributed by atoms with Gasteiger partial charge in [0, 0.05) is 6.08 Å². The normalized spacial score (nSPS) is 12.1. The Kier molecular flexibility index (Phi) is 23.8. The number of hydrogen-bond donors (Lipinski definition) is 0. The van der Waals surface area contributed by atoms with Crippen molar-refractivity contribution < 1.29 is 9.53 Å². The SMILES string of the molecule is C=CC(=O)OCCC(CCCCCCCCCC)CCCCCCCCCCCC. The lowest BCUT2D eigenvalue weighted by molar-refractivity contribution is -0.138. The van der Waals surface area contributed by atoms with Crippen LogP contribution in [0.1, 0.15) is 149 Å². The predicted octanol–water partition coefficient (Wildman–Crippen LogP) is 9.56. The molecule has 0 amide bonds. The van der Waals surface area contributed by atoms with E-state index in [0.29, 0.717) is 6.61 Å². The molecule has 0 spiro atoms. The summed E-state index contributed by atoms with van der Waals surface area (Å²) in [6.45, 7) is 8.61. The van der Waals surface area contributed by atoms with E-state index in [0.717, 1.165) is 12.3 Å². The zero-order valence-electron chi connectivity index (χ0n) is 20.7. The molecule has 0 saturated heterocycles. The van der Waals surface area contributed by atoms with E-state index in [1.54, 1.807) is 0 Å². The fourth-order valence-electron chi connectivity index (χ4n) is 4.31. The number of carbonyl (C=O) groups is 1. The third-order valence-corrected chi connectivity index (χ3v) is 6.37. The molecular formula is C28H54O2. The standard InChI is InChI=1S/C28H54O2/c1-4-7-9-11-13-15-16-18-20-22-24-27(25-26-30-28(29)6-3)23-21-19-17-14-12-10-8-5-2/h6,27H,3-5,7-26H2,1-2H3. The van der Waals surface area contributed by atoms with Crippen LogP contribution in [0.15, 0.2) is 12.7 Å². The van der Waals surface area contributed by atoms with Crippen LogP contribution in [0.4, 0.5) is 0 Å². The second kappa shape index (κ2) is 24.5. The predicted molar refractivity (Wildman–Crippen MR) is 133 cm³/mol. The topological polar surface area (TPSA) is 26.3 Å². The van der Waals surface area contributed by atoms with Gasteiger partial charge in [0.1, 0.15) is 0 Å². The smallest absolute Gasteiger partial charge is 0.330 e. The lowest BCUT2D eigenvalue weighted by Gasteiger charge is -2.17. The zero-order chi connectivity index (χ0) is 22.1.